The van der Waals surface area contributed by atoms with Crippen molar-refractivity contribution in [2.24, 2.45) is 0 Å². The highest BCUT2D eigenvalue weighted by Gasteiger charge is 2.14. The minimum absolute atomic E-state index is 0.0481. The minimum atomic E-state index is -0.328. The number of ether oxygens (including phenoxy) is 2. The molecule has 2 heterocycles. The number of anilines is 1. The monoisotopic (exact) mass is 461 g/mol. The van der Waals surface area contributed by atoms with Gasteiger partial charge in [0.1, 0.15) is 23.9 Å². The van der Waals surface area contributed by atoms with Crippen molar-refractivity contribution in [3.63, 3.8) is 0 Å². The van der Waals surface area contributed by atoms with Crippen LogP contribution in [0.25, 0.3) is 5.65 Å². The highest BCUT2D eigenvalue weighted by Crippen LogP contribution is 2.26. The van der Waals surface area contributed by atoms with Crippen LogP contribution in [0.4, 0.5) is 5.69 Å². The Morgan fingerprint density at radius 2 is 1.79 bits per heavy atom. The smallest absolute Gasteiger partial charge is 0.287 e. The zero-order valence-electron chi connectivity index (χ0n) is 19.6. The van der Waals surface area contributed by atoms with Gasteiger partial charge in [-0.1, -0.05) is 45.0 Å². The molecule has 0 atom stereocenters. The fourth-order valence-corrected chi connectivity index (χ4v) is 3.38. The van der Waals surface area contributed by atoms with Crippen LogP contribution in [0.15, 0.2) is 70.0 Å². The van der Waals surface area contributed by atoms with Crippen LogP contribution in [0.2, 0.25) is 0 Å². The van der Waals surface area contributed by atoms with Gasteiger partial charge in [0.2, 0.25) is 0 Å². The van der Waals surface area contributed by atoms with E-state index in [1.807, 2.05) is 24.3 Å². The van der Waals surface area contributed by atoms with Gasteiger partial charge in [0.25, 0.3) is 11.5 Å². The molecule has 0 spiro atoms. The Kier molecular flexibility index (Phi) is 6.40. The van der Waals surface area contributed by atoms with Gasteiger partial charge < -0.3 is 19.3 Å². The number of nitrogens with one attached hydrogen (secondary N) is 1. The summed E-state index contributed by atoms with van der Waals surface area (Å²) >= 11 is 0. The van der Waals surface area contributed by atoms with Crippen LogP contribution >= 0.6 is 0 Å². The number of benzene rings is 2. The normalized spacial score (nSPS) is 11.4. The minimum Gasteiger partial charge on any atom is -0.485 e. The molecule has 2 aromatic carbocycles. The highest BCUT2D eigenvalue weighted by molar-refractivity contribution is 5.93. The van der Waals surface area contributed by atoms with E-state index >= 15 is 0 Å². The maximum atomic E-state index is 12.5. The number of carbonyl (C=O) groups excluding carboxylic acids is 1. The lowest BCUT2D eigenvalue weighted by molar-refractivity contribution is -0.118. The van der Waals surface area contributed by atoms with Crippen LogP contribution in [-0.4, -0.2) is 22.1 Å². The molecule has 176 valence electrons. The summed E-state index contributed by atoms with van der Waals surface area (Å²) in [6.07, 6.45) is 0. The van der Waals surface area contributed by atoms with Crippen LogP contribution in [0.1, 0.15) is 37.8 Å². The van der Waals surface area contributed by atoms with Crippen molar-refractivity contribution in [1.82, 2.24) is 9.56 Å². The molecule has 2 aromatic heterocycles. The Morgan fingerprint density at radius 1 is 1.06 bits per heavy atom. The number of amides is 1. The van der Waals surface area contributed by atoms with Crippen LogP contribution in [0.5, 0.6) is 11.5 Å². The summed E-state index contributed by atoms with van der Waals surface area (Å²) in [7, 11) is 0. The molecule has 0 unspecified atom stereocenters. The lowest BCUT2D eigenvalue weighted by Gasteiger charge is -2.19. The van der Waals surface area contributed by atoms with Gasteiger partial charge in [-0.15, -0.1) is 4.57 Å². The third-order valence-corrected chi connectivity index (χ3v) is 5.15. The molecule has 0 aliphatic carbocycles. The number of fused-ring (bicyclic) bond motifs is 1. The standard InChI is InChI=1S/C26H27N3O5/c1-17-13-23-27-19(14-25(31)29(23)34-17)15-33-22-8-6-5-7-21(22)28-24(30)16-32-20-11-9-18(10-12-20)26(2,3)4/h5-14H,15-16H2,1-4H3,(H,28,30). The second-order valence-electron chi connectivity index (χ2n) is 8.98. The third-order valence-electron chi connectivity index (χ3n) is 5.15. The average Bonchev–Trinajstić information content (AvgIpc) is 3.17. The molecular weight excluding hydrogens is 434 g/mol. The Hall–Kier alpha value is -4.07. The molecule has 0 aliphatic rings. The summed E-state index contributed by atoms with van der Waals surface area (Å²) in [6, 6.07) is 17.8. The Labute approximate surface area is 197 Å². The quantitative estimate of drug-likeness (QED) is 0.436. The number of para-hydroxylation sites is 2. The molecule has 1 N–H and O–H groups in total. The summed E-state index contributed by atoms with van der Waals surface area (Å²) in [5.74, 6) is 1.34. The van der Waals surface area contributed by atoms with Crippen LogP contribution in [-0.2, 0) is 16.8 Å². The maximum Gasteiger partial charge on any atom is 0.287 e. The Morgan fingerprint density at radius 3 is 2.53 bits per heavy atom. The molecule has 0 bridgehead atoms. The van der Waals surface area contributed by atoms with E-state index in [1.165, 1.54) is 11.6 Å². The molecule has 0 aliphatic heterocycles. The molecule has 4 aromatic rings. The molecule has 0 saturated heterocycles. The predicted molar refractivity (Wildman–Crippen MR) is 129 cm³/mol. The van der Waals surface area contributed by atoms with E-state index in [0.29, 0.717) is 34.3 Å². The van der Waals surface area contributed by atoms with Crippen molar-refractivity contribution in [3.8, 4) is 11.5 Å². The molecule has 0 saturated carbocycles. The number of nitrogens with zero attached hydrogens (tertiary/aromatic N) is 2. The summed E-state index contributed by atoms with van der Waals surface area (Å²) in [4.78, 5) is 29.1. The first-order valence-electron chi connectivity index (χ1n) is 10.9. The third kappa shape index (κ3) is 5.46. The van der Waals surface area contributed by atoms with Crippen LogP contribution in [0, 0.1) is 6.92 Å². The van der Waals surface area contributed by atoms with E-state index in [4.69, 9.17) is 14.0 Å². The Balaban J connectivity index is 1.37. The number of rotatable bonds is 7. The molecule has 0 fully saturated rings. The van der Waals surface area contributed by atoms with E-state index < -0.39 is 0 Å². The summed E-state index contributed by atoms with van der Waals surface area (Å²) in [5.41, 5.74) is 2.27. The van der Waals surface area contributed by atoms with E-state index in [2.05, 4.69) is 31.1 Å². The van der Waals surface area contributed by atoms with Gasteiger partial charge in [0, 0.05) is 12.1 Å². The summed E-state index contributed by atoms with van der Waals surface area (Å²) in [5, 5.41) is 2.81. The predicted octanol–water partition coefficient (Wildman–Crippen LogP) is 4.49. The SMILES string of the molecule is Cc1cc2nc(COc3ccccc3NC(=O)COc3ccc(C(C)(C)C)cc3)cc(=O)n2o1. The van der Waals surface area contributed by atoms with E-state index in [-0.39, 0.29) is 30.1 Å². The average molecular weight is 462 g/mol. The van der Waals surface area contributed by atoms with Crippen LogP contribution < -0.4 is 20.3 Å². The van der Waals surface area contributed by atoms with Crippen molar-refractivity contribution < 1.29 is 18.8 Å². The second-order valence-corrected chi connectivity index (χ2v) is 8.98. The van der Waals surface area contributed by atoms with E-state index in [0.717, 1.165) is 4.57 Å². The number of carbonyl (C=O) groups is 1. The van der Waals surface area contributed by atoms with Gasteiger partial charge in [-0.05, 0) is 42.2 Å². The zero-order valence-corrected chi connectivity index (χ0v) is 19.6. The van der Waals surface area contributed by atoms with Gasteiger partial charge in [-0.2, -0.15) is 0 Å². The summed E-state index contributed by atoms with van der Waals surface area (Å²) in [6.45, 7) is 8.08. The van der Waals surface area contributed by atoms with Crippen molar-refractivity contribution in [3.05, 3.63) is 88.0 Å². The van der Waals surface area contributed by atoms with E-state index in [9.17, 15) is 9.59 Å². The second kappa shape index (κ2) is 9.43. The van der Waals surface area contributed by atoms with Gasteiger partial charge in [0.05, 0.1) is 11.4 Å². The zero-order chi connectivity index (χ0) is 24.3. The summed E-state index contributed by atoms with van der Waals surface area (Å²) < 4.78 is 17.9. The van der Waals surface area contributed by atoms with Gasteiger partial charge in [-0.3, -0.25) is 9.59 Å². The van der Waals surface area contributed by atoms with Gasteiger partial charge in [0.15, 0.2) is 12.3 Å². The highest BCUT2D eigenvalue weighted by atomic mass is 16.5. The van der Waals surface area contributed by atoms with Crippen LogP contribution in [0.3, 0.4) is 0 Å². The van der Waals surface area contributed by atoms with Crippen molar-refractivity contribution in [2.45, 2.75) is 39.7 Å². The molecule has 1 amide bonds. The molecule has 34 heavy (non-hydrogen) atoms. The molecule has 8 heteroatoms. The van der Waals surface area contributed by atoms with Crippen molar-refractivity contribution >= 4 is 17.2 Å². The lowest BCUT2D eigenvalue weighted by Crippen LogP contribution is -2.20. The fourth-order valence-electron chi connectivity index (χ4n) is 3.38. The molecule has 8 nitrogen and oxygen atoms in total. The van der Waals surface area contributed by atoms with Gasteiger partial charge >= 0.3 is 0 Å². The maximum absolute atomic E-state index is 12.5. The molecule has 4 rings (SSSR count). The number of hydrogen-bond acceptors (Lipinski definition) is 6. The van der Waals surface area contributed by atoms with Crippen molar-refractivity contribution in [1.29, 1.82) is 0 Å². The molecular formula is C26H27N3O5. The lowest BCUT2D eigenvalue weighted by atomic mass is 9.87. The van der Waals surface area contributed by atoms with E-state index in [1.54, 1.807) is 37.3 Å². The number of hydrogen-bond donors (Lipinski definition) is 1. The Bertz CT molecular complexity index is 1360. The topological polar surface area (TPSA) is 95.1 Å². The fraction of sp³-hybridized carbons (Fsp3) is 0.269. The number of aromatic nitrogens is 2. The first kappa shape index (κ1) is 23.1. The molecule has 0 radical (unpaired) electrons. The first-order chi connectivity index (χ1) is 16.2. The largest absolute Gasteiger partial charge is 0.485 e. The van der Waals surface area contributed by atoms with Gasteiger partial charge in [-0.25, -0.2) is 4.98 Å². The first-order valence-corrected chi connectivity index (χ1v) is 10.9. The number of aryl methyl sites for hydroxylation is 1. The van der Waals surface area contributed by atoms with Crippen molar-refractivity contribution in [2.75, 3.05) is 11.9 Å².